The molecule has 0 saturated carbocycles. The van der Waals surface area contributed by atoms with Gasteiger partial charge in [-0.1, -0.05) is 23.7 Å². The van der Waals surface area contributed by atoms with Crippen molar-refractivity contribution in [2.45, 2.75) is 25.4 Å². The van der Waals surface area contributed by atoms with Crippen molar-refractivity contribution >= 4 is 11.6 Å². The zero-order valence-corrected chi connectivity index (χ0v) is 8.47. The Balaban J connectivity index is 2.29. The lowest BCUT2D eigenvalue weighted by atomic mass is 9.93. The Bertz CT molecular complexity index is 285. The molecule has 1 heterocycles. The third-order valence-electron chi connectivity index (χ3n) is 2.67. The highest BCUT2D eigenvalue weighted by atomic mass is 35.5. The molecule has 2 heteroatoms. The third-order valence-corrected chi connectivity index (χ3v) is 2.93. The average molecular weight is 197 g/mol. The predicted octanol–water partition coefficient (Wildman–Crippen LogP) is 3.37. The van der Waals surface area contributed by atoms with Gasteiger partial charge < -0.3 is 4.74 Å². The van der Waals surface area contributed by atoms with Gasteiger partial charge in [0.25, 0.3) is 0 Å². The van der Waals surface area contributed by atoms with Gasteiger partial charge in [0.2, 0.25) is 0 Å². The molecule has 1 saturated heterocycles. The van der Waals surface area contributed by atoms with Crippen LogP contribution in [0.4, 0.5) is 0 Å². The summed E-state index contributed by atoms with van der Waals surface area (Å²) in [6, 6.07) is 7.94. The second kappa shape index (κ2) is 3.32. The van der Waals surface area contributed by atoms with E-state index < -0.39 is 0 Å². The summed E-state index contributed by atoms with van der Waals surface area (Å²) in [4.78, 5) is 0. The van der Waals surface area contributed by atoms with Crippen molar-refractivity contribution in [3.63, 3.8) is 0 Å². The summed E-state index contributed by atoms with van der Waals surface area (Å²) in [6.07, 6.45) is 2.26. The largest absolute Gasteiger partial charge is 0.371 e. The molecule has 1 fully saturated rings. The lowest BCUT2D eigenvalue weighted by Crippen LogP contribution is -2.19. The van der Waals surface area contributed by atoms with Crippen LogP contribution in [0.3, 0.4) is 0 Å². The van der Waals surface area contributed by atoms with E-state index in [-0.39, 0.29) is 5.60 Å². The van der Waals surface area contributed by atoms with Crippen molar-refractivity contribution in [3.8, 4) is 0 Å². The van der Waals surface area contributed by atoms with E-state index in [2.05, 4.69) is 6.92 Å². The zero-order valence-electron chi connectivity index (χ0n) is 7.72. The van der Waals surface area contributed by atoms with Gasteiger partial charge in [-0.25, -0.2) is 0 Å². The van der Waals surface area contributed by atoms with Crippen LogP contribution in [0.25, 0.3) is 0 Å². The first-order valence-corrected chi connectivity index (χ1v) is 4.98. The molecule has 2 rings (SSSR count). The van der Waals surface area contributed by atoms with Crippen LogP contribution in [0, 0.1) is 0 Å². The van der Waals surface area contributed by atoms with E-state index in [9.17, 15) is 0 Å². The van der Waals surface area contributed by atoms with Gasteiger partial charge in [0.05, 0.1) is 5.60 Å². The van der Waals surface area contributed by atoms with Gasteiger partial charge >= 0.3 is 0 Å². The van der Waals surface area contributed by atoms with Crippen LogP contribution in [0.5, 0.6) is 0 Å². The Morgan fingerprint density at radius 3 is 2.54 bits per heavy atom. The standard InChI is InChI=1S/C11H13ClO/c1-11(7-2-8-13-11)9-3-5-10(12)6-4-9/h3-6H,2,7-8H2,1H3. The first-order chi connectivity index (χ1) is 6.21. The Labute approximate surface area is 83.7 Å². The number of hydrogen-bond acceptors (Lipinski definition) is 1. The minimum absolute atomic E-state index is 0.0788. The summed E-state index contributed by atoms with van der Waals surface area (Å²) in [6.45, 7) is 3.02. The Hall–Kier alpha value is -0.530. The maximum Gasteiger partial charge on any atom is 0.0904 e. The van der Waals surface area contributed by atoms with Gasteiger partial charge in [-0.15, -0.1) is 0 Å². The molecule has 1 unspecified atom stereocenters. The molecule has 1 aliphatic heterocycles. The minimum atomic E-state index is -0.0788. The fourth-order valence-electron chi connectivity index (χ4n) is 1.81. The van der Waals surface area contributed by atoms with E-state index in [0.29, 0.717) is 0 Å². The second-order valence-electron chi connectivity index (χ2n) is 3.69. The van der Waals surface area contributed by atoms with Crippen molar-refractivity contribution < 1.29 is 4.74 Å². The van der Waals surface area contributed by atoms with Gasteiger partial charge in [-0.3, -0.25) is 0 Å². The fourth-order valence-corrected chi connectivity index (χ4v) is 1.94. The normalized spacial score (nSPS) is 27.8. The summed E-state index contributed by atoms with van der Waals surface area (Å²) in [5.41, 5.74) is 1.15. The molecule has 70 valence electrons. The van der Waals surface area contributed by atoms with Crippen LogP contribution >= 0.6 is 11.6 Å². The van der Waals surface area contributed by atoms with Gasteiger partial charge in [-0.2, -0.15) is 0 Å². The monoisotopic (exact) mass is 196 g/mol. The van der Waals surface area contributed by atoms with Crippen molar-refractivity contribution in [3.05, 3.63) is 34.9 Å². The van der Waals surface area contributed by atoms with Crippen LogP contribution in [0.15, 0.2) is 24.3 Å². The van der Waals surface area contributed by atoms with Crippen LogP contribution in [0.2, 0.25) is 5.02 Å². The number of benzene rings is 1. The summed E-state index contributed by atoms with van der Waals surface area (Å²) in [5, 5.41) is 0.783. The highest BCUT2D eigenvalue weighted by molar-refractivity contribution is 6.30. The molecule has 1 aromatic rings. The highest BCUT2D eigenvalue weighted by Gasteiger charge is 2.31. The summed E-state index contributed by atoms with van der Waals surface area (Å²) in [7, 11) is 0. The highest BCUT2D eigenvalue weighted by Crippen LogP contribution is 2.35. The lowest BCUT2D eigenvalue weighted by molar-refractivity contribution is 0.0168. The molecule has 0 spiro atoms. The first-order valence-electron chi connectivity index (χ1n) is 4.61. The van der Waals surface area contributed by atoms with E-state index in [1.54, 1.807) is 0 Å². The molecule has 0 aromatic heterocycles. The van der Waals surface area contributed by atoms with E-state index in [1.807, 2.05) is 24.3 Å². The minimum Gasteiger partial charge on any atom is -0.371 e. The van der Waals surface area contributed by atoms with Gasteiger partial charge in [0, 0.05) is 11.6 Å². The topological polar surface area (TPSA) is 9.23 Å². The van der Waals surface area contributed by atoms with Crippen LogP contribution in [0.1, 0.15) is 25.3 Å². The van der Waals surface area contributed by atoms with E-state index >= 15 is 0 Å². The molecular formula is C11H13ClO. The number of halogens is 1. The maximum absolute atomic E-state index is 5.82. The molecule has 1 nitrogen and oxygen atoms in total. The van der Waals surface area contributed by atoms with Crippen LogP contribution < -0.4 is 0 Å². The Kier molecular flexibility index (Phi) is 2.31. The fraction of sp³-hybridized carbons (Fsp3) is 0.455. The molecule has 0 amide bonds. The molecule has 0 radical (unpaired) electrons. The molecule has 1 atom stereocenters. The van der Waals surface area contributed by atoms with Crippen molar-refractivity contribution in [2.24, 2.45) is 0 Å². The molecule has 13 heavy (non-hydrogen) atoms. The number of rotatable bonds is 1. The number of ether oxygens (including phenoxy) is 1. The van der Waals surface area contributed by atoms with Gasteiger partial charge in [-0.05, 0) is 37.5 Å². The van der Waals surface area contributed by atoms with Crippen molar-refractivity contribution in [1.29, 1.82) is 0 Å². The summed E-state index contributed by atoms with van der Waals surface area (Å²) >= 11 is 5.82. The van der Waals surface area contributed by atoms with Crippen molar-refractivity contribution in [1.82, 2.24) is 0 Å². The van der Waals surface area contributed by atoms with Gasteiger partial charge in [0.1, 0.15) is 0 Å². The SMILES string of the molecule is CC1(c2ccc(Cl)cc2)CCCO1. The Morgan fingerprint density at radius 2 is 2.00 bits per heavy atom. The second-order valence-corrected chi connectivity index (χ2v) is 4.13. The van der Waals surface area contributed by atoms with Gasteiger partial charge in [0.15, 0.2) is 0 Å². The molecule has 0 bridgehead atoms. The molecular weight excluding hydrogens is 184 g/mol. The Morgan fingerprint density at radius 1 is 1.31 bits per heavy atom. The van der Waals surface area contributed by atoms with E-state index in [0.717, 1.165) is 24.5 Å². The molecule has 0 N–H and O–H groups in total. The smallest absolute Gasteiger partial charge is 0.0904 e. The van der Waals surface area contributed by atoms with Crippen LogP contribution in [-0.4, -0.2) is 6.61 Å². The summed E-state index contributed by atoms with van der Waals surface area (Å²) < 4.78 is 5.72. The molecule has 1 aliphatic rings. The first kappa shape index (κ1) is 9.04. The van der Waals surface area contributed by atoms with E-state index in [1.165, 1.54) is 5.56 Å². The zero-order chi connectivity index (χ0) is 9.31. The third kappa shape index (κ3) is 1.72. The molecule has 1 aromatic carbocycles. The average Bonchev–Trinajstić information content (AvgIpc) is 2.54. The molecule has 0 aliphatic carbocycles. The van der Waals surface area contributed by atoms with Crippen LogP contribution in [-0.2, 0) is 10.3 Å². The lowest BCUT2D eigenvalue weighted by Gasteiger charge is -2.23. The quantitative estimate of drug-likeness (QED) is 0.669. The van der Waals surface area contributed by atoms with E-state index in [4.69, 9.17) is 16.3 Å². The maximum atomic E-state index is 5.82. The predicted molar refractivity (Wildman–Crippen MR) is 54.0 cm³/mol. The van der Waals surface area contributed by atoms with Crippen molar-refractivity contribution in [2.75, 3.05) is 6.61 Å². The summed E-state index contributed by atoms with van der Waals surface area (Å²) in [5.74, 6) is 0. The number of hydrogen-bond donors (Lipinski definition) is 0.